The third-order valence-corrected chi connectivity index (χ3v) is 7.00. The molecule has 9 heteroatoms. The van der Waals surface area contributed by atoms with E-state index in [0.29, 0.717) is 17.2 Å². The molecule has 0 bridgehead atoms. The van der Waals surface area contributed by atoms with Crippen molar-refractivity contribution in [2.24, 2.45) is 0 Å². The zero-order chi connectivity index (χ0) is 27.9. The standard InChI is InChI=1S/C29H35N3O5S/c1-21(2)30-29(34)23(4)31(19-24-13-11-22(3)12-14-24)28(33)20-32(38(5,35)36)25-15-17-27(18-16-25)37-26-9-7-6-8-10-26/h6-18,21,23H,19-20H2,1-5H3,(H,30,34)/t23-/m1/s1. The smallest absolute Gasteiger partial charge is 0.244 e. The molecule has 0 aliphatic rings. The van der Waals surface area contributed by atoms with Gasteiger partial charge in [0.2, 0.25) is 21.8 Å². The Morgan fingerprint density at radius 2 is 1.45 bits per heavy atom. The number of benzene rings is 3. The van der Waals surface area contributed by atoms with Crippen molar-refractivity contribution >= 4 is 27.5 Å². The van der Waals surface area contributed by atoms with E-state index in [1.807, 2.05) is 75.4 Å². The summed E-state index contributed by atoms with van der Waals surface area (Å²) in [5.41, 5.74) is 2.22. The minimum Gasteiger partial charge on any atom is -0.457 e. The van der Waals surface area contributed by atoms with Crippen LogP contribution in [0.15, 0.2) is 78.9 Å². The Morgan fingerprint density at radius 3 is 2.00 bits per heavy atom. The molecule has 0 heterocycles. The second kappa shape index (κ2) is 12.6. The van der Waals surface area contributed by atoms with Crippen LogP contribution in [-0.4, -0.2) is 50.0 Å². The molecular weight excluding hydrogens is 502 g/mol. The first-order valence-corrected chi connectivity index (χ1v) is 14.2. The van der Waals surface area contributed by atoms with E-state index >= 15 is 0 Å². The number of ether oxygens (including phenoxy) is 1. The van der Waals surface area contributed by atoms with Crippen molar-refractivity contribution in [3.05, 3.63) is 90.0 Å². The van der Waals surface area contributed by atoms with E-state index in [1.165, 1.54) is 4.90 Å². The third kappa shape index (κ3) is 8.08. The molecule has 8 nitrogen and oxygen atoms in total. The highest BCUT2D eigenvalue weighted by Gasteiger charge is 2.30. The number of para-hydroxylation sites is 1. The SMILES string of the molecule is Cc1ccc(CN(C(=O)CN(c2ccc(Oc3ccccc3)cc2)S(C)(=O)=O)[C@H](C)C(=O)NC(C)C)cc1. The van der Waals surface area contributed by atoms with Gasteiger partial charge in [-0.3, -0.25) is 13.9 Å². The molecule has 0 aliphatic heterocycles. The van der Waals surface area contributed by atoms with Gasteiger partial charge in [-0.25, -0.2) is 8.42 Å². The number of carbonyl (C=O) groups is 2. The molecular formula is C29H35N3O5S. The number of nitrogens with zero attached hydrogens (tertiary/aromatic N) is 2. The Bertz CT molecular complexity index is 1320. The van der Waals surface area contributed by atoms with Gasteiger partial charge in [0, 0.05) is 12.6 Å². The van der Waals surface area contributed by atoms with Gasteiger partial charge in [0.1, 0.15) is 24.1 Å². The van der Waals surface area contributed by atoms with Crippen molar-refractivity contribution in [3.8, 4) is 11.5 Å². The summed E-state index contributed by atoms with van der Waals surface area (Å²) in [7, 11) is -3.82. The van der Waals surface area contributed by atoms with Gasteiger partial charge >= 0.3 is 0 Å². The summed E-state index contributed by atoms with van der Waals surface area (Å²) < 4.78 is 32.3. The number of hydrogen-bond acceptors (Lipinski definition) is 5. The average Bonchev–Trinajstić information content (AvgIpc) is 2.86. The molecule has 202 valence electrons. The summed E-state index contributed by atoms with van der Waals surface area (Å²) in [4.78, 5) is 27.8. The lowest BCUT2D eigenvalue weighted by Gasteiger charge is -2.32. The summed E-state index contributed by atoms with van der Waals surface area (Å²) in [6.45, 7) is 6.99. The number of rotatable bonds is 11. The fourth-order valence-electron chi connectivity index (χ4n) is 3.80. The van der Waals surface area contributed by atoms with Gasteiger partial charge in [-0.15, -0.1) is 0 Å². The Labute approximate surface area is 225 Å². The third-order valence-electron chi connectivity index (χ3n) is 5.85. The fraction of sp³-hybridized carbons (Fsp3) is 0.310. The van der Waals surface area contributed by atoms with Crippen LogP contribution in [0.2, 0.25) is 0 Å². The van der Waals surface area contributed by atoms with Crippen molar-refractivity contribution in [1.29, 1.82) is 0 Å². The second-order valence-electron chi connectivity index (χ2n) is 9.53. The minimum atomic E-state index is -3.82. The number of hydrogen-bond donors (Lipinski definition) is 1. The summed E-state index contributed by atoms with van der Waals surface area (Å²) >= 11 is 0. The van der Waals surface area contributed by atoms with Crippen molar-refractivity contribution in [2.75, 3.05) is 17.1 Å². The van der Waals surface area contributed by atoms with Crippen molar-refractivity contribution in [1.82, 2.24) is 10.2 Å². The molecule has 1 atom stereocenters. The lowest BCUT2D eigenvalue weighted by atomic mass is 10.1. The highest BCUT2D eigenvalue weighted by Crippen LogP contribution is 2.26. The highest BCUT2D eigenvalue weighted by atomic mass is 32.2. The second-order valence-corrected chi connectivity index (χ2v) is 11.4. The van der Waals surface area contributed by atoms with Crippen LogP contribution < -0.4 is 14.4 Å². The van der Waals surface area contributed by atoms with Crippen LogP contribution in [-0.2, 0) is 26.2 Å². The zero-order valence-electron chi connectivity index (χ0n) is 22.4. The molecule has 3 aromatic rings. The lowest BCUT2D eigenvalue weighted by Crippen LogP contribution is -2.52. The van der Waals surface area contributed by atoms with Crippen LogP contribution in [0.25, 0.3) is 0 Å². The molecule has 0 aliphatic carbocycles. The van der Waals surface area contributed by atoms with Crippen molar-refractivity contribution in [2.45, 2.75) is 46.3 Å². The molecule has 0 saturated heterocycles. The van der Waals surface area contributed by atoms with E-state index in [9.17, 15) is 18.0 Å². The molecule has 0 radical (unpaired) electrons. The molecule has 3 aromatic carbocycles. The molecule has 1 N–H and O–H groups in total. The first kappa shape index (κ1) is 28.7. The van der Waals surface area contributed by atoms with E-state index < -0.39 is 28.5 Å². The van der Waals surface area contributed by atoms with Crippen LogP contribution >= 0.6 is 0 Å². The predicted molar refractivity (Wildman–Crippen MR) is 150 cm³/mol. The number of anilines is 1. The molecule has 2 amide bonds. The first-order valence-electron chi connectivity index (χ1n) is 12.4. The number of carbonyl (C=O) groups excluding carboxylic acids is 2. The zero-order valence-corrected chi connectivity index (χ0v) is 23.2. The van der Waals surface area contributed by atoms with E-state index in [0.717, 1.165) is 21.7 Å². The maximum Gasteiger partial charge on any atom is 0.244 e. The van der Waals surface area contributed by atoms with E-state index in [4.69, 9.17) is 4.74 Å². The molecule has 38 heavy (non-hydrogen) atoms. The maximum atomic E-state index is 13.6. The highest BCUT2D eigenvalue weighted by molar-refractivity contribution is 7.92. The minimum absolute atomic E-state index is 0.106. The first-order chi connectivity index (χ1) is 17.9. The van der Waals surface area contributed by atoms with Crippen LogP contribution in [0, 0.1) is 6.92 Å². The van der Waals surface area contributed by atoms with Gasteiger partial charge in [-0.2, -0.15) is 0 Å². The van der Waals surface area contributed by atoms with E-state index in [-0.39, 0.29) is 18.5 Å². The molecule has 0 unspecified atom stereocenters. The van der Waals surface area contributed by atoms with Gasteiger partial charge in [0.05, 0.1) is 11.9 Å². The Balaban J connectivity index is 1.85. The number of aryl methyl sites for hydroxylation is 1. The molecule has 0 spiro atoms. The Kier molecular flexibility index (Phi) is 9.52. The van der Waals surface area contributed by atoms with Gasteiger partial charge in [0.25, 0.3) is 0 Å². The average molecular weight is 538 g/mol. The van der Waals surface area contributed by atoms with Gasteiger partial charge in [-0.05, 0) is 69.7 Å². The topological polar surface area (TPSA) is 96.0 Å². The van der Waals surface area contributed by atoms with Gasteiger partial charge in [-0.1, -0.05) is 48.0 Å². The summed E-state index contributed by atoms with van der Waals surface area (Å²) in [6, 6.07) is 22.4. The van der Waals surface area contributed by atoms with Crippen LogP contribution in [0.3, 0.4) is 0 Å². The van der Waals surface area contributed by atoms with Gasteiger partial charge in [0.15, 0.2) is 0 Å². The molecule has 0 saturated carbocycles. The van der Waals surface area contributed by atoms with Crippen LogP contribution in [0.4, 0.5) is 5.69 Å². The lowest BCUT2D eigenvalue weighted by molar-refractivity contribution is -0.139. The largest absolute Gasteiger partial charge is 0.457 e. The van der Waals surface area contributed by atoms with E-state index in [1.54, 1.807) is 31.2 Å². The normalized spacial score (nSPS) is 12.1. The quantitative estimate of drug-likeness (QED) is 0.389. The van der Waals surface area contributed by atoms with Crippen molar-refractivity contribution in [3.63, 3.8) is 0 Å². The Morgan fingerprint density at radius 1 is 0.868 bits per heavy atom. The summed E-state index contributed by atoms with van der Waals surface area (Å²) in [5.74, 6) is 0.372. The van der Waals surface area contributed by atoms with Crippen LogP contribution in [0.5, 0.6) is 11.5 Å². The number of nitrogens with one attached hydrogen (secondary N) is 1. The Hall–Kier alpha value is -3.85. The monoisotopic (exact) mass is 537 g/mol. The summed E-state index contributed by atoms with van der Waals surface area (Å²) in [5, 5.41) is 2.84. The van der Waals surface area contributed by atoms with Gasteiger partial charge < -0.3 is 15.0 Å². The number of sulfonamides is 1. The predicted octanol–water partition coefficient (Wildman–Crippen LogP) is 4.50. The fourth-order valence-corrected chi connectivity index (χ4v) is 4.65. The summed E-state index contributed by atoms with van der Waals surface area (Å²) in [6.07, 6.45) is 1.05. The number of amides is 2. The van der Waals surface area contributed by atoms with Crippen molar-refractivity contribution < 1.29 is 22.7 Å². The molecule has 0 aromatic heterocycles. The van der Waals surface area contributed by atoms with E-state index in [2.05, 4.69) is 5.32 Å². The molecule has 0 fully saturated rings. The van der Waals surface area contributed by atoms with Crippen LogP contribution in [0.1, 0.15) is 31.9 Å². The maximum absolute atomic E-state index is 13.6. The molecule has 3 rings (SSSR count).